The predicted octanol–water partition coefficient (Wildman–Crippen LogP) is 9.29. The Morgan fingerprint density at radius 2 is 1.23 bits per heavy atom. The van der Waals surface area contributed by atoms with Crippen LogP contribution in [-0.2, 0) is 4.74 Å². The van der Waals surface area contributed by atoms with E-state index in [0.717, 1.165) is 83.5 Å². The molecule has 6 heteroatoms. The van der Waals surface area contributed by atoms with Crippen molar-refractivity contribution in [2.75, 3.05) is 37.7 Å². The molecule has 1 aliphatic carbocycles. The minimum absolute atomic E-state index is 0. The highest BCUT2D eigenvalue weighted by atomic mass is 35.5. The van der Waals surface area contributed by atoms with Gasteiger partial charge in [0, 0.05) is 47.4 Å². The smallest absolute Gasteiger partial charge is 0.338 e. The molecule has 0 N–H and O–H groups in total. The molecule has 1 aliphatic heterocycles. The summed E-state index contributed by atoms with van der Waals surface area (Å²) in [4.78, 5) is 16.0. The van der Waals surface area contributed by atoms with Crippen LogP contribution in [-0.4, -0.2) is 38.8 Å². The van der Waals surface area contributed by atoms with Gasteiger partial charge in [0.1, 0.15) is 24.4 Å². The van der Waals surface area contributed by atoms with Gasteiger partial charge in [-0.05, 0) is 63.9 Å². The minimum atomic E-state index is -0.256. The van der Waals surface area contributed by atoms with Crippen LogP contribution in [0.4, 0.5) is 5.69 Å². The Bertz CT molecular complexity index is 1650. The van der Waals surface area contributed by atoms with E-state index in [1.54, 1.807) is 0 Å². The van der Waals surface area contributed by atoms with Crippen molar-refractivity contribution in [2.24, 2.45) is 0 Å². The molecule has 0 fully saturated rings. The topological polar surface area (TPSA) is 45.7 Å². The summed E-state index contributed by atoms with van der Waals surface area (Å²) in [6.07, 6.45) is 21.2. The lowest BCUT2D eigenvalue weighted by Crippen LogP contribution is -3.00. The molecule has 0 saturated carbocycles. The highest BCUT2D eigenvalue weighted by Gasteiger charge is 2.23. The van der Waals surface area contributed by atoms with Gasteiger partial charge >= 0.3 is 5.97 Å². The third kappa shape index (κ3) is 12.4. The molecule has 0 unspecified atom stereocenters. The Morgan fingerprint density at radius 3 is 1.81 bits per heavy atom. The number of ether oxygens (including phenoxy) is 1. The molecule has 286 valence electrons. The SMILES string of the molecule is CCCCCCCCCCCCCCCCCCOC(=O)c1ccccc1-c1c2ccc(=[N+](CC)CC)cc-2oc2cc(N(CC)CC)ccc12.[Cl-]. The van der Waals surface area contributed by atoms with E-state index in [-0.39, 0.29) is 18.4 Å². The van der Waals surface area contributed by atoms with Crippen LogP contribution in [0.25, 0.3) is 33.4 Å². The van der Waals surface area contributed by atoms with E-state index < -0.39 is 0 Å². The van der Waals surface area contributed by atoms with Crippen molar-refractivity contribution in [2.45, 2.75) is 137 Å². The molecule has 0 bridgehead atoms. The standard InChI is InChI=1S/C46H67N2O3.ClH/c1-6-11-12-13-14-15-16-17-18-19-20-21-22-23-24-27-34-50-46(49)40-29-26-25-28-39(40)45-41-32-30-37(47(7-2)8-3)35-43(41)51-44-36-38(31-33-42(44)45)48(9-4)10-5;/h25-26,28-33,35-36H,6-24,27,34H2,1-5H3;1H/q+1;/p-1. The lowest BCUT2D eigenvalue weighted by Gasteiger charge is -2.22. The first-order valence-corrected chi connectivity index (χ1v) is 20.7. The zero-order valence-corrected chi connectivity index (χ0v) is 33.9. The van der Waals surface area contributed by atoms with Gasteiger partial charge in [0.2, 0.25) is 5.36 Å². The molecule has 52 heavy (non-hydrogen) atoms. The maximum Gasteiger partial charge on any atom is 0.338 e. The molecule has 0 saturated heterocycles. The number of carbonyl (C=O) groups is 1. The number of benzene rings is 3. The summed E-state index contributed by atoms with van der Waals surface area (Å²) in [5.41, 5.74) is 5.43. The van der Waals surface area contributed by atoms with Gasteiger partial charge in [0.15, 0.2) is 0 Å². The van der Waals surface area contributed by atoms with Crippen LogP contribution in [0, 0.1) is 0 Å². The number of esters is 1. The number of hydrogen-bond acceptors (Lipinski definition) is 4. The molecular weight excluding hydrogens is 664 g/mol. The van der Waals surface area contributed by atoms with Crippen molar-refractivity contribution in [3.05, 3.63) is 71.6 Å². The first kappa shape index (κ1) is 43.1. The van der Waals surface area contributed by atoms with E-state index >= 15 is 0 Å². The van der Waals surface area contributed by atoms with Crippen molar-refractivity contribution < 1.29 is 26.4 Å². The van der Waals surface area contributed by atoms with E-state index in [9.17, 15) is 4.79 Å². The highest BCUT2D eigenvalue weighted by Crippen LogP contribution is 2.42. The normalized spacial score (nSPS) is 11.2. The molecule has 2 aliphatic rings. The highest BCUT2D eigenvalue weighted by molar-refractivity contribution is 6.08. The molecule has 2 aromatic carbocycles. The van der Waals surface area contributed by atoms with Crippen LogP contribution in [0.1, 0.15) is 148 Å². The molecule has 5 nitrogen and oxygen atoms in total. The van der Waals surface area contributed by atoms with Crippen LogP contribution in [0.2, 0.25) is 0 Å². The Morgan fingerprint density at radius 1 is 0.654 bits per heavy atom. The number of unbranched alkanes of at least 4 members (excludes halogenated alkanes) is 15. The number of nitrogens with zero attached hydrogens (tertiary/aromatic N) is 2. The van der Waals surface area contributed by atoms with Crippen LogP contribution in [0.5, 0.6) is 0 Å². The van der Waals surface area contributed by atoms with Crippen LogP contribution >= 0.6 is 0 Å². The molecule has 2 aromatic rings. The number of carbonyl (C=O) groups excluding carboxylic acids is 1. The lowest BCUT2D eigenvalue weighted by atomic mass is 9.90. The summed E-state index contributed by atoms with van der Waals surface area (Å²) in [5, 5.41) is 2.12. The monoisotopic (exact) mass is 730 g/mol. The van der Waals surface area contributed by atoms with Crippen LogP contribution < -0.4 is 27.2 Å². The molecule has 0 atom stereocenters. The van der Waals surface area contributed by atoms with E-state index in [0.29, 0.717) is 12.2 Å². The fourth-order valence-electron chi connectivity index (χ4n) is 7.50. The second-order valence-electron chi connectivity index (χ2n) is 14.2. The Hall–Kier alpha value is -3.31. The van der Waals surface area contributed by atoms with Gasteiger partial charge in [-0.2, -0.15) is 0 Å². The lowest BCUT2D eigenvalue weighted by molar-refractivity contribution is -0.0000294. The first-order valence-electron chi connectivity index (χ1n) is 20.7. The maximum absolute atomic E-state index is 13.7. The van der Waals surface area contributed by atoms with Gasteiger partial charge in [-0.1, -0.05) is 121 Å². The van der Waals surface area contributed by atoms with Crippen LogP contribution in [0.3, 0.4) is 0 Å². The quantitative estimate of drug-likeness (QED) is 0.0312. The number of fused-ring (bicyclic) bond motifs is 2. The van der Waals surface area contributed by atoms with Crippen LogP contribution in [0.15, 0.2) is 65.1 Å². The maximum atomic E-state index is 13.7. The number of hydrogen-bond donors (Lipinski definition) is 0. The third-order valence-electron chi connectivity index (χ3n) is 10.6. The van der Waals surface area contributed by atoms with Gasteiger partial charge < -0.3 is 26.5 Å². The minimum Gasteiger partial charge on any atom is -1.00 e. The number of rotatable bonds is 24. The van der Waals surface area contributed by atoms with Gasteiger partial charge in [-0.3, -0.25) is 0 Å². The Kier molecular flexibility index (Phi) is 20.0. The fraction of sp³-hybridized carbons (Fsp3) is 0.565. The zero-order chi connectivity index (χ0) is 36.3. The summed E-state index contributed by atoms with van der Waals surface area (Å²) in [7, 11) is 0. The average molecular weight is 732 g/mol. The summed E-state index contributed by atoms with van der Waals surface area (Å²) < 4.78 is 14.9. The molecule has 0 radical (unpaired) electrons. The molecule has 1 heterocycles. The Labute approximate surface area is 321 Å². The van der Waals surface area contributed by atoms with Crippen molar-refractivity contribution in [1.82, 2.24) is 4.58 Å². The number of anilines is 1. The van der Waals surface area contributed by atoms with Crippen molar-refractivity contribution in [3.63, 3.8) is 0 Å². The summed E-state index contributed by atoms with van der Waals surface area (Å²) in [6, 6.07) is 20.8. The van der Waals surface area contributed by atoms with Crippen molar-refractivity contribution >= 4 is 22.6 Å². The summed E-state index contributed by atoms with van der Waals surface area (Å²) in [6.45, 7) is 15.1. The van der Waals surface area contributed by atoms with Crippen molar-refractivity contribution in [1.29, 1.82) is 0 Å². The predicted molar refractivity (Wildman–Crippen MR) is 218 cm³/mol. The van der Waals surface area contributed by atoms with Gasteiger partial charge in [-0.25, -0.2) is 9.37 Å². The average Bonchev–Trinajstić information content (AvgIpc) is 3.16. The second kappa shape index (κ2) is 24.1. The van der Waals surface area contributed by atoms with Gasteiger partial charge in [-0.15, -0.1) is 0 Å². The fourth-order valence-corrected chi connectivity index (χ4v) is 7.50. The van der Waals surface area contributed by atoms with Gasteiger partial charge in [0.25, 0.3) is 0 Å². The van der Waals surface area contributed by atoms with E-state index in [4.69, 9.17) is 9.15 Å². The van der Waals surface area contributed by atoms with Crippen molar-refractivity contribution in [3.8, 4) is 22.5 Å². The molecule has 0 amide bonds. The molecule has 4 rings (SSSR count). The number of halogens is 1. The largest absolute Gasteiger partial charge is 1.00 e. The summed E-state index contributed by atoms with van der Waals surface area (Å²) in [5.74, 6) is 0.558. The molecular formula is C46H67ClN2O3. The second-order valence-corrected chi connectivity index (χ2v) is 14.2. The van der Waals surface area contributed by atoms with E-state index in [1.807, 2.05) is 18.2 Å². The summed E-state index contributed by atoms with van der Waals surface area (Å²) >= 11 is 0. The first-order chi connectivity index (χ1) is 25.1. The third-order valence-corrected chi connectivity index (χ3v) is 10.6. The Balaban J connectivity index is 0.00000729. The molecule has 0 spiro atoms. The molecule has 0 aromatic heterocycles. The van der Waals surface area contributed by atoms with E-state index in [2.05, 4.69) is 86.6 Å². The van der Waals surface area contributed by atoms with E-state index in [1.165, 1.54) is 89.9 Å². The van der Waals surface area contributed by atoms with Gasteiger partial charge in [0.05, 0.1) is 18.2 Å². The zero-order valence-electron chi connectivity index (χ0n) is 33.1.